The summed E-state index contributed by atoms with van der Waals surface area (Å²) in [6.45, 7) is 2.02. The second-order valence-corrected chi connectivity index (χ2v) is 6.03. The minimum atomic E-state index is -0.176. The number of allylic oxidation sites excluding steroid dienone is 1. The minimum absolute atomic E-state index is 0.176. The van der Waals surface area contributed by atoms with E-state index in [1.54, 1.807) is 30.6 Å². The molecule has 0 fully saturated rings. The molecule has 0 spiro atoms. The SMILES string of the molecule is Cc1ccc(C=C(C(=O)c2cccnc2)c2nc3ccccc3o2)cc1. The molecule has 26 heavy (non-hydrogen) atoms. The molecule has 0 atom stereocenters. The van der Waals surface area contributed by atoms with Gasteiger partial charge in [0.1, 0.15) is 5.52 Å². The van der Waals surface area contributed by atoms with Crippen LogP contribution >= 0.6 is 0 Å². The van der Waals surface area contributed by atoms with Crippen molar-refractivity contribution in [3.63, 3.8) is 0 Å². The molecule has 4 rings (SSSR count). The highest BCUT2D eigenvalue weighted by Gasteiger charge is 2.20. The van der Waals surface area contributed by atoms with E-state index < -0.39 is 0 Å². The number of para-hydroxylation sites is 2. The molecular weight excluding hydrogens is 324 g/mol. The van der Waals surface area contributed by atoms with Gasteiger partial charge in [-0.05, 0) is 42.8 Å². The summed E-state index contributed by atoms with van der Waals surface area (Å²) in [7, 11) is 0. The van der Waals surface area contributed by atoms with Gasteiger partial charge in [0.15, 0.2) is 11.4 Å². The largest absolute Gasteiger partial charge is 0.436 e. The number of Topliss-reactive ketones (excluding diaryl/α,β-unsaturated/α-hetero) is 1. The Morgan fingerprint density at radius 2 is 1.81 bits per heavy atom. The van der Waals surface area contributed by atoms with Crippen molar-refractivity contribution in [3.8, 4) is 0 Å². The standard InChI is InChI=1S/C22H16N2O2/c1-15-8-10-16(11-9-15)13-18(21(25)17-5-4-12-23-14-17)22-24-19-6-2-3-7-20(19)26-22/h2-14H,1H3. The van der Waals surface area contributed by atoms with E-state index in [1.165, 1.54) is 0 Å². The van der Waals surface area contributed by atoms with Crippen LogP contribution in [0.25, 0.3) is 22.7 Å². The first-order valence-corrected chi connectivity index (χ1v) is 8.30. The average molecular weight is 340 g/mol. The number of carbonyl (C=O) groups is 1. The molecule has 0 radical (unpaired) electrons. The molecule has 0 unspecified atom stereocenters. The maximum Gasteiger partial charge on any atom is 0.231 e. The number of oxazole rings is 1. The van der Waals surface area contributed by atoms with Gasteiger partial charge in [0.2, 0.25) is 5.89 Å². The van der Waals surface area contributed by atoms with Crippen LogP contribution in [0.15, 0.2) is 77.5 Å². The van der Waals surface area contributed by atoms with Crippen molar-refractivity contribution < 1.29 is 9.21 Å². The van der Waals surface area contributed by atoms with E-state index in [0.717, 1.165) is 16.6 Å². The Kier molecular flexibility index (Phi) is 4.15. The molecule has 2 heterocycles. The molecule has 4 aromatic rings. The predicted molar refractivity (Wildman–Crippen MR) is 102 cm³/mol. The fourth-order valence-corrected chi connectivity index (χ4v) is 2.69. The number of hydrogen-bond donors (Lipinski definition) is 0. The highest BCUT2D eigenvalue weighted by Crippen LogP contribution is 2.26. The van der Waals surface area contributed by atoms with E-state index in [0.29, 0.717) is 22.6 Å². The number of fused-ring (bicyclic) bond motifs is 1. The van der Waals surface area contributed by atoms with Crippen LogP contribution in [0.3, 0.4) is 0 Å². The van der Waals surface area contributed by atoms with Gasteiger partial charge in [-0.1, -0.05) is 42.0 Å². The van der Waals surface area contributed by atoms with Gasteiger partial charge in [-0.15, -0.1) is 0 Å². The Bertz CT molecular complexity index is 1060. The van der Waals surface area contributed by atoms with Crippen LogP contribution in [-0.4, -0.2) is 15.8 Å². The van der Waals surface area contributed by atoms with Crippen molar-refractivity contribution in [1.29, 1.82) is 0 Å². The third kappa shape index (κ3) is 3.17. The van der Waals surface area contributed by atoms with E-state index in [1.807, 2.05) is 55.5 Å². The Morgan fingerprint density at radius 1 is 1.00 bits per heavy atom. The molecule has 126 valence electrons. The first kappa shape index (κ1) is 16.0. The fourth-order valence-electron chi connectivity index (χ4n) is 2.69. The number of carbonyl (C=O) groups excluding carboxylic acids is 1. The van der Waals surface area contributed by atoms with E-state index in [2.05, 4.69) is 9.97 Å². The van der Waals surface area contributed by atoms with Crippen molar-refractivity contribution in [3.05, 3.63) is 95.6 Å². The lowest BCUT2D eigenvalue weighted by molar-refractivity contribution is 0.105. The van der Waals surface area contributed by atoms with Gasteiger partial charge < -0.3 is 4.42 Å². The fraction of sp³-hybridized carbons (Fsp3) is 0.0455. The Hall–Kier alpha value is -3.53. The highest BCUT2D eigenvalue weighted by molar-refractivity contribution is 6.31. The highest BCUT2D eigenvalue weighted by atomic mass is 16.3. The summed E-state index contributed by atoms with van der Waals surface area (Å²) >= 11 is 0. The summed E-state index contributed by atoms with van der Waals surface area (Å²) in [6, 6.07) is 18.9. The van der Waals surface area contributed by atoms with Crippen molar-refractivity contribution >= 4 is 28.5 Å². The normalized spacial score (nSPS) is 11.7. The number of hydrogen-bond acceptors (Lipinski definition) is 4. The molecule has 0 saturated heterocycles. The topological polar surface area (TPSA) is 56.0 Å². The number of nitrogens with zero attached hydrogens (tertiary/aromatic N) is 2. The maximum atomic E-state index is 13.1. The Morgan fingerprint density at radius 3 is 2.54 bits per heavy atom. The number of ketones is 1. The summed E-state index contributed by atoms with van der Waals surface area (Å²) in [6.07, 6.45) is 4.99. The predicted octanol–water partition coefficient (Wildman–Crippen LogP) is 4.95. The summed E-state index contributed by atoms with van der Waals surface area (Å²) in [4.78, 5) is 21.6. The zero-order chi connectivity index (χ0) is 17.9. The second kappa shape index (κ2) is 6.76. The van der Waals surface area contributed by atoms with E-state index in [-0.39, 0.29) is 5.78 Å². The second-order valence-electron chi connectivity index (χ2n) is 6.03. The van der Waals surface area contributed by atoms with Gasteiger partial charge in [0.05, 0.1) is 5.57 Å². The van der Waals surface area contributed by atoms with Crippen LogP contribution < -0.4 is 0 Å². The quantitative estimate of drug-likeness (QED) is 0.389. The molecular formula is C22H16N2O2. The number of benzene rings is 2. The molecule has 0 amide bonds. The molecule has 0 bridgehead atoms. The third-order valence-corrected chi connectivity index (χ3v) is 4.08. The van der Waals surface area contributed by atoms with Gasteiger partial charge in [-0.3, -0.25) is 9.78 Å². The zero-order valence-corrected chi connectivity index (χ0v) is 14.2. The molecule has 4 nitrogen and oxygen atoms in total. The summed E-state index contributed by atoms with van der Waals surface area (Å²) in [5, 5.41) is 0. The maximum absolute atomic E-state index is 13.1. The van der Waals surface area contributed by atoms with Crippen molar-refractivity contribution in [1.82, 2.24) is 9.97 Å². The zero-order valence-electron chi connectivity index (χ0n) is 14.2. The lowest BCUT2D eigenvalue weighted by Crippen LogP contribution is -2.03. The Balaban J connectivity index is 1.85. The van der Waals surface area contributed by atoms with Crippen LogP contribution in [0, 0.1) is 6.92 Å². The van der Waals surface area contributed by atoms with Crippen LogP contribution in [0.5, 0.6) is 0 Å². The van der Waals surface area contributed by atoms with Crippen molar-refractivity contribution in [2.45, 2.75) is 6.92 Å². The van der Waals surface area contributed by atoms with E-state index >= 15 is 0 Å². The number of aromatic nitrogens is 2. The van der Waals surface area contributed by atoms with Crippen LogP contribution in [0.4, 0.5) is 0 Å². The molecule has 0 N–H and O–H groups in total. The van der Waals surface area contributed by atoms with Gasteiger partial charge in [-0.2, -0.15) is 0 Å². The number of rotatable bonds is 4. The van der Waals surface area contributed by atoms with Crippen LogP contribution in [0.1, 0.15) is 27.4 Å². The molecule has 2 aromatic carbocycles. The van der Waals surface area contributed by atoms with Gasteiger partial charge in [-0.25, -0.2) is 4.98 Å². The van der Waals surface area contributed by atoms with Crippen LogP contribution in [0.2, 0.25) is 0 Å². The van der Waals surface area contributed by atoms with Crippen LogP contribution in [-0.2, 0) is 0 Å². The van der Waals surface area contributed by atoms with Gasteiger partial charge in [0.25, 0.3) is 0 Å². The average Bonchev–Trinajstić information content (AvgIpc) is 3.11. The molecule has 0 aliphatic rings. The molecule has 0 aliphatic heterocycles. The summed E-state index contributed by atoms with van der Waals surface area (Å²) in [5.41, 5.74) is 4.33. The van der Waals surface area contributed by atoms with E-state index in [4.69, 9.17) is 4.42 Å². The third-order valence-electron chi connectivity index (χ3n) is 4.08. The molecule has 4 heteroatoms. The lowest BCUT2D eigenvalue weighted by Gasteiger charge is -2.04. The van der Waals surface area contributed by atoms with Crippen molar-refractivity contribution in [2.75, 3.05) is 0 Å². The number of pyridine rings is 1. The van der Waals surface area contributed by atoms with Gasteiger partial charge in [0, 0.05) is 18.0 Å². The van der Waals surface area contributed by atoms with Crippen molar-refractivity contribution in [2.24, 2.45) is 0 Å². The minimum Gasteiger partial charge on any atom is -0.436 e. The first-order valence-electron chi connectivity index (χ1n) is 8.30. The molecule has 2 aromatic heterocycles. The monoisotopic (exact) mass is 340 g/mol. The number of aryl methyl sites for hydroxylation is 1. The summed E-state index contributed by atoms with van der Waals surface area (Å²) in [5.74, 6) is 0.130. The van der Waals surface area contributed by atoms with Gasteiger partial charge >= 0.3 is 0 Å². The smallest absolute Gasteiger partial charge is 0.231 e. The Labute approximate surface area is 150 Å². The lowest BCUT2D eigenvalue weighted by atomic mass is 10.0. The first-order chi connectivity index (χ1) is 12.7. The molecule has 0 aliphatic carbocycles. The molecule has 0 saturated carbocycles. The van der Waals surface area contributed by atoms with E-state index in [9.17, 15) is 4.79 Å². The summed E-state index contributed by atoms with van der Waals surface area (Å²) < 4.78 is 5.85.